The van der Waals surface area contributed by atoms with Gasteiger partial charge in [-0.2, -0.15) is 0 Å². The van der Waals surface area contributed by atoms with Gasteiger partial charge in [-0.3, -0.25) is 9.69 Å². The van der Waals surface area contributed by atoms with Crippen molar-refractivity contribution in [1.82, 2.24) is 9.97 Å². The first-order chi connectivity index (χ1) is 15.1. The van der Waals surface area contributed by atoms with Gasteiger partial charge in [0.25, 0.3) is 5.91 Å². The van der Waals surface area contributed by atoms with Crippen molar-refractivity contribution in [3.8, 4) is 5.75 Å². The van der Waals surface area contributed by atoms with Gasteiger partial charge in [0.05, 0.1) is 0 Å². The summed E-state index contributed by atoms with van der Waals surface area (Å²) >= 11 is 5.99. The van der Waals surface area contributed by atoms with E-state index in [1.165, 1.54) is 4.90 Å². The monoisotopic (exact) mass is 431 g/mol. The number of aromatic nitrogens is 2. The fourth-order valence-electron chi connectivity index (χ4n) is 3.42. The molecule has 0 N–H and O–H groups in total. The van der Waals surface area contributed by atoms with Gasteiger partial charge in [0.15, 0.2) is 5.65 Å². The molecule has 1 aliphatic heterocycles. The molecule has 152 valence electrons. The van der Waals surface area contributed by atoms with E-state index in [1.807, 2.05) is 0 Å². The van der Waals surface area contributed by atoms with E-state index < -0.39 is 12.4 Å². The number of carbonyl (C=O) groups excluding carboxylic acids is 2. The summed E-state index contributed by atoms with van der Waals surface area (Å²) in [5, 5.41) is 1.05. The molecule has 3 heterocycles. The first-order valence-corrected chi connectivity index (χ1v) is 9.77. The molecule has 7 nitrogen and oxygen atoms in total. The van der Waals surface area contributed by atoms with Crippen LogP contribution in [0.3, 0.4) is 0 Å². The highest BCUT2D eigenvalue weighted by Gasteiger charge is 2.41. The molecule has 5 rings (SSSR count). The van der Waals surface area contributed by atoms with Crippen molar-refractivity contribution in [2.24, 2.45) is 0 Å². The summed E-state index contributed by atoms with van der Waals surface area (Å²) in [7, 11) is 0. The molecule has 1 aliphatic rings. The number of anilines is 1. The summed E-state index contributed by atoms with van der Waals surface area (Å²) in [5.74, 6) is 0.266. The normalized spacial score (nSPS) is 15.1. The van der Waals surface area contributed by atoms with Crippen LogP contribution >= 0.6 is 11.6 Å². The van der Waals surface area contributed by atoms with Crippen LogP contribution in [0.4, 0.5) is 10.6 Å². The number of halogens is 1. The Labute approximate surface area is 181 Å². The fourth-order valence-corrected chi connectivity index (χ4v) is 3.57. The average Bonchev–Trinajstić information content (AvgIpc) is 3.05. The largest absolute Gasteiger partial charge is 0.516 e. The highest BCUT2D eigenvalue weighted by atomic mass is 35.5. The number of benzene rings is 2. The van der Waals surface area contributed by atoms with Crippen molar-refractivity contribution in [1.29, 1.82) is 0 Å². The summed E-state index contributed by atoms with van der Waals surface area (Å²) in [6, 6.07) is 22.3. The lowest BCUT2D eigenvalue weighted by molar-refractivity contribution is 0.0569. The summed E-state index contributed by atoms with van der Waals surface area (Å²) in [5.41, 5.74) is 1.33. The Balaban J connectivity index is 1.52. The predicted molar refractivity (Wildman–Crippen MR) is 114 cm³/mol. The molecule has 0 aliphatic carbocycles. The maximum atomic E-state index is 13.2. The summed E-state index contributed by atoms with van der Waals surface area (Å²) in [6.45, 7) is 0. The molecule has 0 fully saturated rings. The number of carbonyl (C=O) groups is 2. The van der Waals surface area contributed by atoms with Crippen molar-refractivity contribution >= 4 is 40.5 Å². The Kier molecular flexibility index (Phi) is 4.72. The number of rotatable bonds is 3. The minimum atomic E-state index is -1.04. The number of hydrogen-bond acceptors (Lipinski definition) is 6. The van der Waals surface area contributed by atoms with Crippen LogP contribution in [-0.2, 0) is 4.74 Å². The first-order valence-electron chi connectivity index (χ1n) is 9.39. The molecule has 1 atom stereocenters. The van der Waals surface area contributed by atoms with Crippen molar-refractivity contribution in [2.45, 2.75) is 6.23 Å². The lowest BCUT2D eigenvalue weighted by atomic mass is 10.1. The van der Waals surface area contributed by atoms with E-state index >= 15 is 0 Å². The van der Waals surface area contributed by atoms with Crippen LogP contribution in [0.2, 0.25) is 5.15 Å². The van der Waals surface area contributed by atoms with E-state index in [1.54, 1.807) is 78.9 Å². The molecule has 1 unspecified atom stereocenters. The zero-order valence-corrected chi connectivity index (χ0v) is 16.7. The SMILES string of the molecule is O=C(Oc1ccccc1)OC1c2ccccc2C(=O)N1c1ccc2ccc(Cl)nc2n1. The number of fused-ring (bicyclic) bond motifs is 2. The van der Waals surface area contributed by atoms with Crippen molar-refractivity contribution in [2.75, 3.05) is 4.90 Å². The molecule has 2 aromatic carbocycles. The second-order valence-corrected chi connectivity index (χ2v) is 7.14. The van der Waals surface area contributed by atoms with Crippen LogP contribution in [0.25, 0.3) is 11.0 Å². The molecular weight excluding hydrogens is 418 g/mol. The van der Waals surface area contributed by atoms with Crippen molar-refractivity contribution in [3.05, 3.63) is 95.1 Å². The smallest absolute Gasteiger partial charge is 0.405 e. The Morgan fingerprint density at radius 2 is 1.65 bits per heavy atom. The average molecular weight is 432 g/mol. The minimum absolute atomic E-state index is 0.279. The van der Waals surface area contributed by atoms with Crippen molar-refractivity contribution < 1.29 is 19.1 Å². The Morgan fingerprint density at radius 3 is 2.48 bits per heavy atom. The van der Waals surface area contributed by atoms with Crippen LogP contribution in [0, 0.1) is 0 Å². The van der Waals surface area contributed by atoms with Gasteiger partial charge in [-0.1, -0.05) is 48.0 Å². The van der Waals surface area contributed by atoms with Crippen LogP contribution in [-0.4, -0.2) is 22.0 Å². The van der Waals surface area contributed by atoms with Gasteiger partial charge in [-0.05, 0) is 42.5 Å². The summed E-state index contributed by atoms with van der Waals surface area (Å²) in [4.78, 5) is 35.6. The number of hydrogen-bond donors (Lipinski definition) is 0. The summed E-state index contributed by atoms with van der Waals surface area (Å²) < 4.78 is 10.8. The van der Waals surface area contributed by atoms with E-state index in [2.05, 4.69) is 9.97 Å². The Morgan fingerprint density at radius 1 is 0.903 bits per heavy atom. The Hall–Kier alpha value is -3.97. The first kappa shape index (κ1) is 19.0. The molecule has 0 bridgehead atoms. The van der Waals surface area contributed by atoms with E-state index in [0.717, 1.165) is 5.39 Å². The molecular formula is C23H14ClN3O4. The zero-order valence-electron chi connectivity index (χ0n) is 15.9. The molecule has 2 aromatic heterocycles. The fraction of sp³-hybridized carbons (Fsp3) is 0.0435. The van der Waals surface area contributed by atoms with Crippen LogP contribution < -0.4 is 9.64 Å². The predicted octanol–water partition coefficient (Wildman–Crippen LogP) is 5.16. The Bertz CT molecular complexity index is 1310. The zero-order chi connectivity index (χ0) is 21.4. The van der Waals surface area contributed by atoms with E-state index in [4.69, 9.17) is 21.1 Å². The molecule has 0 saturated heterocycles. The van der Waals surface area contributed by atoms with Crippen LogP contribution in [0.15, 0.2) is 78.9 Å². The van der Waals surface area contributed by atoms with E-state index in [0.29, 0.717) is 22.5 Å². The number of pyridine rings is 2. The summed E-state index contributed by atoms with van der Waals surface area (Å²) in [6.07, 6.45) is -1.98. The molecule has 1 amide bonds. The number of nitrogens with zero attached hydrogens (tertiary/aromatic N) is 3. The quantitative estimate of drug-likeness (QED) is 0.253. The standard InChI is InChI=1S/C23H14ClN3O4/c24-18-12-10-14-11-13-19(26-20(14)25-18)27-21(28)16-8-4-5-9-17(16)22(27)31-23(29)30-15-6-2-1-3-7-15/h1-13,22H. The molecule has 0 radical (unpaired) electrons. The number of ether oxygens (including phenoxy) is 2. The molecule has 31 heavy (non-hydrogen) atoms. The third-order valence-electron chi connectivity index (χ3n) is 4.81. The van der Waals surface area contributed by atoms with Gasteiger partial charge >= 0.3 is 6.16 Å². The van der Waals surface area contributed by atoms with Gasteiger partial charge in [-0.25, -0.2) is 14.8 Å². The third-order valence-corrected chi connectivity index (χ3v) is 5.02. The number of para-hydroxylation sites is 1. The van der Waals surface area contributed by atoms with Gasteiger partial charge in [-0.15, -0.1) is 0 Å². The highest BCUT2D eigenvalue weighted by molar-refractivity contribution is 6.29. The topological polar surface area (TPSA) is 81.6 Å². The number of amides is 1. The molecule has 0 spiro atoms. The molecule has 8 heteroatoms. The molecule has 4 aromatic rings. The van der Waals surface area contributed by atoms with E-state index in [9.17, 15) is 9.59 Å². The lowest BCUT2D eigenvalue weighted by Gasteiger charge is -2.24. The van der Waals surface area contributed by atoms with Crippen LogP contribution in [0.5, 0.6) is 5.75 Å². The maximum Gasteiger partial charge on any atom is 0.516 e. The second-order valence-electron chi connectivity index (χ2n) is 6.75. The highest BCUT2D eigenvalue weighted by Crippen LogP contribution is 2.38. The van der Waals surface area contributed by atoms with E-state index in [-0.39, 0.29) is 16.9 Å². The van der Waals surface area contributed by atoms with Gasteiger partial charge in [0.1, 0.15) is 16.7 Å². The van der Waals surface area contributed by atoms with Crippen molar-refractivity contribution in [3.63, 3.8) is 0 Å². The van der Waals surface area contributed by atoms with Crippen LogP contribution in [0.1, 0.15) is 22.1 Å². The lowest BCUT2D eigenvalue weighted by Crippen LogP contribution is -2.32. The van der Waals surface area contributed by atoms with Gasteiger partial charge < -0.3 is 9.47 Å². The minimum Gasteiger partial charge on any atom is -0.405 e. The second kappa shape index (κ2) is 7.70. The maximum absolute atomic E-state index is 13.2. The third kappa shape index (κ3) is 3.55. The molecule has 0 saturated carbocycles. The van der Waals surface area contributed by atoms with Gasteiger partial charge in [0.2, 0.25) is 6.23 Å². The van der Waals surface area contributed by atoms with Gasteiger partial charge in [0, 0.05) is 16.5 Å².